The fourth-order valence-electron chi connectivity index (χ4n) is 1.29. The SMILES string of the molecule is CC(=O)NCCC#Cc1cc(Cl)cc(C)c1O. The minimum absolute atomic E-state index is 0.0757. The van der Waals surface area contributed by atoms with E-state index in [-0.39, 0.29) is 11.7 Å². The fourth-order valence-corrected chi connectivity index (χ4v) is 1.56. The lowest BCUT2D eigenvalue weighted by Gasteiger charge is -2.02. The topological polar surface area (TPSA) is 49.3 Å². The molecule has 17 heavy (non-hydrogen) atoms. The van der Waals surface area contributed by atoms with Crippen molar-refractivity contribution in [2.75, 3.05) is 6.54 Å². The highest BCUT2D eigenvalue weighted by Crippen LogP contribution is 2.25. The summed E-state index contributed by atoms with van der Waals surface area (Å²) in [7, 11) is 0. The van der Waals surface area contributed by atoms with Crippen LogP contribution in [0.4, 0.5) is 0 Å². The van der Waals surface area contributed by atoms with E-state index in [2.05, 4.69) is 17.2 Å². The minimum atomic E-state index is -0.0757. The molecule has 0 radical (unpaired) electrons. The summed E-state index contributed by atoms with van der Waals surface area (Å²) in [6, 6.07) is 3.30. The van der Waals surface area contributed by atoms with Crippen LogP contribution in [-0.4, -0.2) is 17.6 Å². The quantitative estimate of drug-likeness (QED) is 0.626. The number of phenolic OH excluding ortho intramolecular Hbond substituents is 1. The van der Waals surface area contributed by atoms with Gasteiger partial charge in [-0.2, -0.15) is 0 Å². The summed E-state index contributed by atoms with van der Waals surface area (Å²) >= 11 is 5.87. The van der Waals surface area contributed by atoms with Gasteiger partial charge in [0.2, 0.25) is 5.91 Å². The highest BCUT2D eigenvalue weighted by atomic mass is 35.5. The summed E-state index contributed by atoms with van der Waals surface area (Å²) in [4.78, 5) is 10.6. The van der Waals surface area contributed by atoms with Gasteiger partial charge in [0.25, 0.3) is 0 Å². The number of halogens is 1. The first-order chi connectivity index (χ1) is 8.00. The first-order valence-electron chi connectivity index (χ1n) is 5.23. The molecule has 0 aliphatic heterocycles. The number of rotatable bonds is 2. The number of benzene rings is 1. The molecule has 1 rings (SSSR count). The Hall–Kier alpha value is -1.66. The van der Waals surface area contributed by atoms with Crippen LogP contribution in [0.2, 0.25) is 5.02 Å². The normalized spacial score (nSPS) is 9.35. The van der Waals surface area contributed by atoms with Crippen LogP contribution in [0.25, 0.3) is 0 Å². The number of hydrogen-bond donors (Lipinski definition) is 2. The van der Waals surface area contributed by atoms with Gasteiger partial charge in [-0.1, -0.05) is 23.4 Å². The van der Waals surface area contributed by atoms with E-state index in [1.165, 1.54) is 6.92 Å². The van der Waals surface area contributed by atoms with Gasteiger partial charge in [-0.25, -0.2) is 0 Å². The van der Waals surface area contributed by atoms with Crippen LogP contribution in [0.1, 0.15) is 24.5 Å². The first kappa shape index (κ1) is 13.4. The van der Waals surface area contributed by atoms with Crippen LogP contribution < -0.4 is 5.32 Å². The summed E-state index contributed by atoms with van der Waals surface area (Å²) in [5, 5.41) is 12.9. The summed E-state index contributed by atoms with van der Waals surface area (Å²) < 4.78 is 0. The molecule has 4 heteroatoms. The Labute approximate surface area is 106 Å². The third kappa shape index (κ3) is 4.38. The number of hydrogen-bond acceptors (Lipinski definition) is 2. The van der Waals surface area contributed by atoms with Crippen molar-refractivity contribution < 1.29 is 9.90 Å². The van der Waals surface area contributed by atoms with E-state index in [9.17, 15) is 9.90 Å². The molecule has 0 aliphatic carbocycles. The predicted octanol–water partition coefficient (Wildman–Crippen LogP) is 2.23. The van der Waals surface area contributed by atoms with Gasteiger partial charge in [-0.3, -0.25) is 4.79 Å². The molecule has 0 unspecified atom stereocenters. The number of carbonyl (C=O) groups excluding carboxylic acids is 1. The Balaban J connectivity index is 2.68. The highest BCUT2D eigenvalue weighted by molar-refractivity contribution is 6.30. The molecule has 1 aromatic rings. The van der Waals surface area contributed by atoms with E-state index in [0.717, 1.165) is 0 Å². The van der Waals surface area contributed by atoms with E-state index in [1.807, 2.05) is 0 Å². The molecule has 0 aliphatic rings. The third-order valence-electron chi connectivity index (χ3n) is 2.11. The highest BCUT2D eigenvalue weighted by Gasteiger charge is 2.03. The molecule has 0 saturated carbocycles. The molecule has 0 fully saturated rings. The molecule has 0 saturated heterocycles. The Morgan fingerprint density at radius 1 is 1.53 bits per heavy atom. The molecular weight excluding hydrogens is 238 g/mol. The average molecular weight is 252 g/mol. The van der Waals surface area contributed by atoms with Crippen molar-refractivity contribution in [3.63, 3.8) is 0 Å². The lowest BCUT2D eigenvalue weighted by molar-refractivity contribution is -0.118. The molecule has 90 valence electrons. The van der Waals surface area contributed by atoms with Gasteiger partial charge in [0.05, 0.1) is 5.56 Å². The molecule has 0 bridgehead atoms. The van der Waals surface area contributed by atoms with E-state index in [1.54, 1.807) is 19.1 Å². The summed E-state index contributed by atoms with van der Waals surface area (Å²) in [6.45, 7) is 3.73. The maximum Gasteiger partial charge on any atom is 0.216 e. The molecule has 0 aromatic heterocycles. The van der Waals surface area contributed by atoms with Gasteiger partial charge in [0.1, 0.15) is 5.75 Å². The number of carbonyl (C=O) groups is 1. The van der Waals surface area contributed by atoms with Gasteiger partial charge < -0.3 is 10.4 Å². The second kappa shape index (κ2) is 6.17. The number of aromatic hydroxyl groups is 1. The fraction of sp³-hybridized carbons (Fsp3) is 0.308. The van der Waals surface area contributed by atoms with Crippen LogP contribution >= 0.6 is 11.6 Å². The molecule has 1 aromatic carbocycles. The van der Waals surface area contributed by atoms with Gasteiger partial charge >= 0.3 is 0 Å². The van der Waals surface area contributed by atoms with Crippen molar-refractivity contribution in [1.82, 2.24) is 5.32 Å². The number of nitrogens with one attached hydrogen (secondary N) is 1. The minimum Gasteiger partial charge on any atom is -0.506 e. The Morgan fingerprint density at radius 2 is 2.24 bits per heavy atom. The van der Waals surface area contributed by atoms with Crippen LogP contribution in [0.15, 0.2) is 12.1 Å². The van der Waals surface area contributed by atoms with Crippen molar-refractivity contribution >= 4 is 17.5 Å². The van der Waals surface area contributed by atoms with Crippen molar-refractivity contribution in [3.05, 3.63) is 28.3 Å². The van der Waals surface area contributed by atoms with Crippen LogP contribution in [-0.2, 0) is 4.79 Å². The summed E-state index contributed by atoms with van der Waals surface area (Å²) in [5.41, 5.74) is 1.21. The lowest BCUT2D eigenvalue weighted by Crippen LogP contribution is -2.20. The van der Waals surface area contributed by atoms with Crippen molar-refractivity contribution in [1.29, 1.82) is 0 Å². The third-order valence-corrected chi connectivity index (χ3v) is 2.33. The van der Waals surface area contributed by atoms with Gasteiger partial charge in [0.15, 0.2) is 0 Å². The Morgan fingerprint density at radius 3 is 2.88 bits per heavy atom. The zero-order valence-corrected chi connectivity index (χ0v) is 10.6. The summed E-state index contributed by atoms with van der Waals surface area (Å²) in [6.07, 6.45) is 0.532. The zero-order chi connectivity index (χ0) is 12.8. The predicted molar refractivity (Wildman–Crippen MR) is 68.0 cm³/mol. The van der Waals surface area contributed by atoms with Crippen LogP contribution in [0.3, 0.4) is 0 Å². The second-order valence-corrected chi connectivity index (χ2v) is 4.09. The number of phenols is 1. The Bertz CT molecular complexity index is 486. The average Bonchev–Trinajstić information content (AvgIpc) is 2.23. The zero-order valence-electron chi connectivity index (χ0n) is 9.80. The van der Waals surface area contributed by atoms with Gasteiger partial charge in [-0.15, -0.1) is 0 Å². The van der Waals surface area contributed by atoms with Gasteiger partial charge in [0, 0.05) is 24.9 Å². The van der Waals surface area contributed by atoms with E-state index in [4.69, 9.17) is 11.6 Å². The maximum atomic E-state index is 10.6. The molecule has 0 heterocycles. The van der Waals surface area contributed by atoms with Crippen LogP contribution in [0.5, 0.6) is 5.75 Å². The maximum absolute atomic E-state index is 10.6. The van der Waals surface area contributed by atoms with E-state index in [0.29, 0.717) is 29.1 Å². The second-order valence-electron chi connectivity index (χ2n) is 3.65. The Kier molecular flexibility index (Phi) is 4.86. The van der Waals surface area contributed by atoms with Crippen molar-refractivity contribution in [3.8, 4) is 17.6 Å². The number of amides is 1. The molecular formula is C13H14ClNO2. The van der Waals surface area contributed by atoms with Gasteiger partial charge in [-0.05, 0) is 24.6 Å². The van der Waals surface area contributed by atoms with E-state index < -0.39 is 0 Å². The molecule has 0 spiro atoms. The standard InChI is InChI=1S/C13H14ClNO2/c1-9-7-12(14)8-11(13(9)17)5-3-4-6-15-10(2)16/h7-8,17H,4,6H2,1-2H3,(H,15,16). The van der Waals surface area contributed by atoms with Crippen molar-refractivity contribution in [2.45, 2.75) is 20.3 Å². The first-order valence-corrected chi connectivity index (χ1v) is 5.61. The monoisotopic (exact) mass is 251 g/mol. The largest absolute Gasteiger partial charge is 0.506 e. The van der Waals surface area contributed by atoms with Crippen molar-refractivity contribution in [2.24, 2.45) is 0 Å². The number of aryl methyl sites for hydroxylation is 1. The van der Waals surface area contributed by atoms with Crippen LogP contribution in [0, 0.1) is 18.8 Å². The molecule has 0 atom stereocenters. The molecule has 1 amide bonds. The molecule has 3 nitrogen and oxygen atoms in total. The summed E-state index contributed by atoms with van der Waals surface area (Å²) in [5.74, 6) is 5.78. The lowest BCUT2D eigenvalue weighted by atomic mass is 10.1. The van der Waals surface area contributed by atoms with E-state index >= 15 is 0 Å². The molecule has 2 N–H and O–H groups in total. The smallest absolute Gasteiger partial charge is 0.216 e.